The van der Waals surface area contributed by atoms with Gasteiger partial charge in [0, 0.05) is 18.8 Å². The van der Waals surface area contributed by atoms with Crippen molar-refractivity contribution in [3.63, 3.8) is 0 Å². The fourth-order valence-corrected chi connectivity index (χ4v) is 5.21. The Labute approximate surface area is 155 Å². The largest absolute Gasteiger partial charge is 0.341 e. The predicted octanol–water partition coefficient (Wildman–Crippen LogP) is 2.22. The Bertz CT molecular complexity index is 820. The zero-order chi connectivity index (χ0) is 19.9. The van der Waals surface area contributed by atoms with Gasteiger partial charge in [0.15, 0.2) is 9.84 Å². The van der Waals surface area contributed by atoms with Crippen molar-refractivity contribution >= 4 is 27.3 Å². The number of benzene rings is 1. The fourth-order valence-electron chi connectivity index (χ4n) is 3.43. The molecule has 0 bridgehead atoms. The summed E-state index contributed by atoms with van der Waals surface area (Å²) >= 11 is 0. The van der Waals surface area contributed by atoms with Crippen molar-refractivity contribution in [3.8, 4) is 0 Å². The van der Waals surface area contributed by atoms with E-state index in [1.807, 2.05) is 32.9 Å². The lowest BCUT2D eigenvalue weighted by Crippen LogP contribution is -2.49. The zero-order valence-electron chi connectivity index (χ0n) is 16.3. The van der Waals surface area contributed by atoms with Gasteiger partial charge in [-0.1, -0.05) is 17.7 Å². The van der Waals surface area contributed by atoms with Crippen LogP contribution in [0.1, 0.15) is 37.0 Å². The number of rotatable bonds is 4. The number of hydrogen-bond donors (Lipinski definition) is 1. The minimum Gasteiger partial charge on any atom is -0.341 e. The van der Waals surface area contributed by atoms with Crippen molar-refractivity contribution in [3.05, 3.63) is 28.8 Å². The first-order valence-corrected chi connectivity index (χ1v) is 10.5. The van der Waals surface area contributed by atoms with Crippen molar-refractivity contribution < 1.29 is 18.0 Å². The summed E-state index contributed by atoms with van der Waals surface area (Å²) in [5.41, 5.74) is 2.40. The molecule has 2 rings (SSSR count). The van der Waals surface area contributed by atoms with Crippen LogP contribution in [0, 0.1) is 26.2 Å². The van der Waals surface area contributed by atoms with Gasteiger partial charge in [0.05, 0.1) is 11.5 Å². The average molecular weight is 381 g/mol. The van der Waals surface area contributed by atoms with Gasteiger partial charge >= 0.3 is 0 Å². The smallest absolute Gasteiger partial charge is 0.239 e. The molecular formula is C19H28N2O4S. The van der Waals surface area contributed by atoms with Crippen molar-refractivity contribution in [2.75, 3.05) is 23.9 Å². The molecule has 1 atom stereocenters. The van der Waals surface area contributed by atoms with E-state index in [1.54, 1.807) is 20.9 Å². The Morgan fingerprint density at radius 3 is 2.15 bits per heavy atom. The third kappa shape index (κ3) is 4.09. The highest BCUT2D eigenvalue weighted by Crippen LogP contribution is 2.28. The second-order valence-electron chi connectivity index (χ2n) is 7.83. The van der Waals surface area contributed by atoms with Gasteiger partial charge in [-0.15, -0.1) is 0 Å². The van der Waals surface area contributed by atoms with E-state index in [-0.39, 0.29) is 23.5 Å². The number of amides is 2. The lowest BCUT2D eigenvalue weighted by Gasteiger charge is -2.32. The Hall–Kier alpha value is -1.89. The monoisotopic (exact) mass is 380 g/mol. The molecule has 6 nitrogen and oxygen atoms in total. The molecule has 0 aliphatic carbocycles. The van der Waals surface area contributed by atoms with Gasteiger partial charge in [-0.3, -0.25) is 9.59 Å². The van der Waals surface area contributed by atoms with Crippen LogP contribution in [0.5, 0.6) is 0 Å². The van der Waals surface area contributed by atoms with Crippen LogP contribution in [0.3, 0.4) is 0 Å². The van der Waals surface area contributed by atoms with Crippen LogP contribution in [0.25, 0.3) is 0 Å². The lowest BCUT2D eigenvalue weighted by atomic mass is 9.89. The Morgan fingerprint density at radius 1 is 1.15 bits per heavy atom. The molecule has 0 aromatic heterocycles. The van der Waals surface area contributed by atoms with Gasteiger partial charge in [-0.05, 0) is 52.2 Å². The summed E-state index contributed by atoms with van der Waals surface area (Å²) in [7, 11) is -1.52. The number of carbonyl (C=O) groups excluding carboxylic acids is 2. The van der Waals surface area contributed by atoms with E-state index in [0.717, 1.165) is 16.7 Å². The van der Waals surface area contributed by atoms with Crippen LogP contribution in [0.4, 0.5) is 5.69 Å². The van der Waals surface area contributed by atoms with Gasteiger partial charge in [0.1, 0.15) is 5.41 Å². The Balaban J connectivity index is 2.18. The summed E-state index contributed by atoms with van der Waals surface area (Å²) in [6.45, 7) is 8.97. The third-order valence-electron chi connectivity index (χ3n) is 5.09. The number of aryl methyl sites for hydroxylation is 3. The van der Waals surface area contributed by atoms with Gasteiger partial charge < -0.3 is 10.2 Å². The molecular weight excluding hydrogens is 352 g/mol. The number of sulfone groups is 1. The van der Waals surface area contributed by atoms with Crippen molar-refractivity contribution in [1.29, 1.82) is 0 Å². The van der Waals surface area contributed by atoms with Gasteiger partial charge in [-0.2, -0.15) is 0 Å². The SMILES string of the molecule is Cc1cc(C)c(NC(=O)C(C)(C)C(=O)N(C)C2CCS(=O)(=O)C2)c(C)c1. The molecule has 26 heavy (non-hydrogen) atoms. The fraction of sp³-hybridized carbons (Fsp3) is 0.579. The van der Waals surface area contributed by atoms with Gasteiger partial charge in [0.25, 0.3) is 0 Å². The topological polar surface area (TPSA) is 83.6 Å². The number of anilines is 1. The first kappa shape index (κ1) is 20.4. The minimum atomic E-state index is -3.10. The quantitative estimate of drug-likeness (QED) is 0.812. The van der Waals surface area contributed by atoms with Crippen LogP contribution < -0.4 is 5.32 Å². The van der Waals surface area contributed by atoms with E-state index in [1.165, 1.54) is 4.90 Å². The molecule has 1 unspecified atom stereocenters. The summed E-state index contributed by atoms with van der Waals surface area (Å²) in [5.74, 6) is -0.725. The molecule has 1 N–H and O–H groups in total. The van der Waals surface area contributed by atoms with E-state index in [2.05, 4.69) is 5.32 Å². The summed E-state index contributed by atoms with van der Waals surface area (Å²) in [6, 6.07) is 3.59. The van der Waals surface area contributed by atoms with Crippen molar-refractivity contribution in [2.24, 2.45) is 5.41 Å². The van der Waals surface area contributed by atoms with E-state index in [4.69, 9.17) is 0 Å². The summed E-state index contributed by atoms with van der Waals surface area (Å²) in [6.07, 6.45) is 0.415. The maximum absolute atomic E-state index is 12.9. The number of hydrogen-bond acceptors (Lipinski definition) is 4. The molecule has 144 valence electrons. The van der Waals surface area contributed by atoms with Gasteiger partial charge in [0.2, 0.25) is 11.8 Å². The van der Waals surface area contributed by atoms with E-state index in [0.29, 0.717) is 12.1 Å². The summed E-state index contributed by atoms with van der Waals surface area (Å²) < 4.78 is 23.4. The van der Waals surface area contributed by atoms with Crippen LogP contribution >= 0.6 is 0 Å². The van der Waals surface area contributed by atoms with E-state index >= 15 is 0 Å². The molecule has 7 heteroatoms. The highest BCUT2D eigenvalue weighted by molar-refractivity contribution is 7.91. The first-order valence-electron chi connectivity index (χ1n) is 8.72. The minimum absolute atomic E-state index is 0.0386. The molecule has 0 saturated carbocycles. The average Bonchev–Trinajstić information content (AvgIpc) is 2.89. The molecule has 1 saturated heterocycles. The van der Waals surface area contributed by atoms with Crippen LogP contribution in [0.2, 0.25) is 0 Å². The lowest BCUT2D eigenvalue weighted by molar-refractivity contribution is -0.146. The summed E-state index contributed by atoms with van der Waals surface area (Å²) in [5, 5.41) is 2.88. The second kappa shape index (κ2) is 7.02. The van der Waals surface area contributed by atoms with Crippen LogP contribution in [-0.2, 0) is 19.4 Å². The van der Waals surface area contributed by atoms with Crippen molar-refractivity contribution in [2.45, 2.75) is 47.1 Å². The molecule has 1 aromatic rings. The zero-order valence-corrected chi connectivity index (χ0v) is 17.2. The molecule has 1 fully saturated rings. The molecule has 0 radical (unpaired) electrons. The van der Waals surface area contributed by atoms with Crippen LogP contribution in [-0.4, -0.2) is 49.7 Å². The highest BCUT2D eigenvalue weighted by Gasteiger charge is 2.42. The Kier molecular flexibility index (Phi) is 5.52. The highest BCUT2D eigenvalue weighted by atomic mass is 32.2. The predicted molar refractivity (Wildman–Crippen MR) is 103 cm³/mol. The first-order chi connectivity index (χ1) is 11.8. The maximum atomic E-state index is 12.9. The number of carbonyl (C=O) groups is 2. The molecule has 0 spiro atoms. The standard InChI is InChI=1S/C19H28N2O4S/c1-12-9-13(2)16(14(3)10-12)20-17(22)19(4,5)18(23)21(6)15-7-8-26(24,25)11-15/h9-10,15H,7-8,11H2,1-6H3,(H,20,22). The molecule has 1 aromatic carbocycles. The third-order valence-corrected chi connectivity index (χ3v) is 6.84. The summed E-state index contributed by atoms with van der Waals surface area (Å²) in [4.78, 5) is 27.1. The Morgan fingerprint density at radius 2 is 1.69 bits per heavy atom. The van der Waals surface area contributed by atoms with Gasteiger partial charge in [-0.25, -0.2) is 8.42 Å². The molecule has 1 aliphatic rings. The molecule has 2 amide bonds. The normalized spacial score (nSPS) is 19.2. The number of nitrogens with one attached hydrogen (secondary N) is 1. The van der Waals surface area contributed by atoms with Crippen molar-refractivity contribution in [1.82, 2.24) is 4.90 Å². The van der Waals surface area contributed by atoms with Crippen LogP contribution in [0.15, 0.2) is 12.1 Å². The maximum Gasteiger partial charge on any atom is 0.239 e. The molecule has 1 aliphatic heterocycles. The van der Waals surface area contributed by atoms with E-state index in [9.17, 15) is 18.0 Å². The molecule has 1 heterocycles. The number of nitrogens with zero attached hydrogens (tertiary/aromatic N) is 1. The van der Waals surface area contributed by atoms with E-state index < -0.39 is 21.2 Å². The second-order valence-corrected chi connectivity index (χ2v) is 10.1.